The van der Waals surface area contributed by atoms with Crippen LogP contribution in [0.5, 0.6) is 0 Å². The molecule has 0 aliphatic carbocycles. The summed E-state index contributed by atoms with van der Waals surface area (Å²) in [5.74, 6) is 0.419. The second kappa shape index (κ2) is 7.66. The summed E-state index contributed by atoms with van der Waals surface area (Å²) in [6, 6.07) is 23.6. The number of phosphoric ester groups is 1. The molecule has 4 nitrogen and oxygen atoms in total. The van der Waals surface area contributed by atoms with Gasteiger partial charge in [0.1, 0.15) is 5.76 Å². The maximum absolute atomic E-state index is 12.4. The van der Waals surface area contributed by atoms with Crippen molar-refractivity contribution >= 4 is 30.4 Å². The van der Waals surface area contributed by atoms with Gasteiger partial charge in [0, 0.05) is 19.8 Å². The highest BCUT2D eigenvalue weighted by Gasteiger charge is 2.26. The minimum atomic E-state index is -3.66. The molecule has 128 valence electrons. The van der Waals surface area contributed by atoms with Gasteiger partial charge in [0.05, 0.1) is 0 Å². The van der Waals surface area contributed by atoms with Crippen LogP contribution in [-0.2, 0) is 18.1 Å². The quantitative estimate of drug-likeness (QED) is 0.321. The third-order valence-electron chi connectivity index (χ3n) is 3.79. The molecule has 0 heterocycles. The highest BCUT2D eigenvalue weighted by molar-refractivity contribution is 7.48. The van der Waals surface area contributed by atoms with E-state index in [0.717, 1.165) is 21.9 Å². The molecule has 0 spiro atoms. The fraction of sp³-hybridized carbons (Fsp3) is 0.100. The molecule has 0 fully saturated rings. The molecular weight excluding hydrogens is 335 g/mol. The number of rotatable bonds is 6. The van der Waals surface area contributed by atoms with E-state index in [1.165, 1.54) is 14.2 Å². The first-order valence-corrected chi connectivity index (χ1v) is 9.26. The van der Waals surface area contributed by atoms with Crippen LogP contribution in [0.1, 0.15) is 11.1 Å². The van der Waals surface area contributed by atoms with Gasteiger partial charge in [-0.1, -0.05) is 66.7 Å². The third-order valence-corrected chi connectivity index (χ3v) is 5.10. The molecule has 0 aromatic heterocycles. The summed E-state index contributed by atoms with van der Waals surface area (Å²) >= 11 is 0. The van der Waals surface area contributed by atoms with Crippen LogP contribution in [0.2, 0.25) is 0 Å². The zero-order chi connectivity index (χ0) is 17.7. The number of fused-ring (bicyclic) bond motifs is 1. The Morgan fingerprint density at radius 3 is 2.16 bits per heavy atom. The Balaban J connectivity index is 2.05. The monoisotopic (exact) mass is 354 g/mol. The summed E-state index contributed by atoms with van der Waals surface area (Å²) in [6.07, 6.45) is 1.83. The summed E-state index contributed by atoms with van der Waals surface area (Å²) < 4.78 is 27.9. The van der Waals surface area contributed by atoms with Crippen molar-refractivity contribution in [1.82, 2.24) is 0 Å². The van der Waals surface area contributed by atoms with Crippen LogP contribution in [0.3, 0.4) is 0 Å². The Labute approximate surface area is 147 Å². The average molecular weight is 354 g/mol. The summed E-state index contributed by atoms with van der Waals surface area (Å²) in [4.78, 5) is 0. The number of hydrogen-bond acceptors (Lipinski definition) is 4. The molecule has 0 N–H and O–H groups in total. The van der Waals surface area contributed by atoms with E-state index in [2.05, 4.69) is 6.07 Å². The van der Waals surface area contributed by atoms with Gasteiger partial charge in [0.2, 0.25) is 0 Å². The second-order valence-electron chi connectivity index (χ2n) is 5.38. The van der Waals surface area contributed by atoms with Gasteiger partial charge in [-0.05, 0) is 28.5 Å². The molecule has 0 aliphatic rings. The summed E-state index contributed by atoms with van der Waals surface area (Å²) in [5.41, 5.74) is 1.71. The maximum atomic E-state index is 12.4. The first kappa shape index (κ1) is 17.4. The average Bonchev–Trinajstić information content (AvgIpc) is 2.68. The molecule has 0 aliphatic heterocycles. The van der Waals surface area contributed by atoms with Crippen molar-refractivity contribution in [3.63, 3.8) is 0 Å². The lowest BCUT2D eigenvalue weighted by Crippen LogP contribution is -1.95. The van der Waals surface area contributed by atoms with Crippen LogP contribution in [0.15, 0.2) is 72.8 Å². The van der Waals surface area contributed by atoms with E-state index in [4.69, 9.17) is 13.6 Å². The predicted octanol–water partition coefficient (Wildman–Crippen LogP) is 5.76. The Morgan fingerprint density at radius 1 is 0.840 bits per heavy atom. The number of phosphoric acid groups is 1. The number of benzene rings is 3. The van der Waals surface area contributed by atoms with E-state index in [0.29, 0.717) is 5.76 Å². The molecule has 3 aromatic carbocycles. The third kappa shape index (κ3) is 4.18. The fourth-order valence-electron chi connectivity index (χ4n) is 2.48. The smallest absolute Gasteiger partial charge is 0.403 e. The van der Waals surface area contributed by atoms with Crippen molar-refractivity contribution in [2.24, 2.45) is 0 Å². The topological polar surface area (TPSA) is 44.8 Å². The van der Waals surface area contributed by atoms with Gasteiger partial charge in [-0.3, -0.25) is 9.05 Å². The predicted molar refractivity (Wildman–Crippen MR) is 101 cm³/mol. The maximum Gasteiger partial charge on any atom is 0.529 e. The Bertz CT molecular complexity index is 927. The van der Waals surface area contributed by atoms with E-state index in [-0.39, 0.29) is 0 Å². The molecule has 3 rings (SSSR count). The van der Waals surface area contributed by atoms with Gasteiger partial charge in [-0.15, -0.1) is 0 Å². The van der Waals surface area contributed by atoms with Crippen LogP contribution in [0.4, 0.5) is 0 Å². The van der Waals surface area contributed by atoms with Crippen molar-refractivity contribution in [3.05, 3.63) is 83.9 Å². The molecule has 0 atom stereocenters. The molecule has 0 amide bonds. The van der Waals surface area contributed by atoms with E-state index >= 15 is 0 Å². The van der Waals surface area contributed by atoms with E-state index in [1.807, 2.05) is 72.8 Å². The van der Waals surface area contributed by atoms with Gasteiger partial charge >= 0.3 is 7.82 Å². The van der Waals surface area contributed by atoms with Crippen molar-refractivity contribution in [2.45, 2.75) is 0 Å². The molecule has 0 saturated carbocycles. The van der Waals surface area contributed by atoms with E-state index in [1.54, 1.807) is 0 Å². The van der Waals surface area contributed by atoms with Crippen LogP contribution < -0.4 is 0 Å². The van der Waals surface area contributed by atoms with Crippen LogP contribution >= 0.6 is 7.82 Å². The van der Waals surface area contributed by atoms with Gasteiger partial charge < -0.3 is 4.52 Å². The van der Waals surface area contributed by atoms with Crippen molar-refractivity contribution < 1.29 is 18.1 Å². The lowest BCUT2D eigenvalue weighted by Gasteiger charge is -2.17. The molecule has 0 saturated heterocycles. The second-order valence-corrected chi connectivity index (χ2v) is 7.19. The zero-order valence-electron chi connectivity index (χ0n) is 14.1. The molecular formula is C20H19O4P. The van der Waals surface area contributed by atoms with Gasteiger partial charge in [0.15, 0.2) is 0 Å². The highest BCUT2D eigenvalue weighted by atomic mass is 31.2. The Morgan fingerprint density at radius 2 is 1.48 bits per heavy atom. The van der Waals surface area contributed by atoms with Gasteiger partial charge in [-0.2, -0.15) is 0 Å². The standard InChI is InChI=1S/C20H19O4P/c1-22-25(21,23-2)24-20(18-9-4-3-5-10-18)15-16-12-13-17-8-6-7-11-19(17)14-16/h3-15H,1-2H3/b20-15+. The minimum Gasteiger partial charge on any atom is -0.403 e. The number of hydrogen-bond donors (Lipinski definition) is 0. The highest BCUT2D eigenvalue weighted by Crippen LogP contribution is 2.51. The first-order valence-electron chi connectivity index (χ1n) is 7.80. The molecule has 25 heavy (non-hydrogen) atoms. The SMILES string of the molecule is COP(=O)(OC)O/C(=C/c1ccc2ccccc2c1)c1ccccc1. The lowest BCUT2D eigenvalue weighted by molar-refractivity contribution is 0.201. The van der Waals surface area contributed by atoms with Crippen molar-refractivity contribution in [3.8, 4) is 0 Å². The van der Waals surface area contributed by atoms with E-state index in [9.17, 15) is 4.57 Å². The largest absolute Gasteiger partial charge is 0.529 e. The summed E-state index contributed by atoms with van der Waals surface area (Å²) in [5, 5.41) is 2.27. The molecule has 5 heteroatoms. The summed E-state index contributed by atoms with van der Waals surface area (Å²) in [7, 11) is -1.07. The zero-order valence-corrected chi connectivity index (χ0v) is 15.0. The molecule has 0 bridgehead atoms. The van der Waals surface area contributed by atoms with Crippen molar-refractivity contribution in [2.75, 3.05) is 14.2 Å². The molecule has 0 radical (unpaired) electrons. The first-order chi connectivity index (χ1) is 12.1. The molecule has 0 unspecified atom stereocenters. The normalized spacial score (nSPS) is 12.3. The lowest BCUT2D eigenvalue weighted by atomic mass is 10.1. The Kier molecular flexibility index (Phi) is 5.34. The summed E-state index contributed by atoms with van der Waals surface area (Å²) in [6.45, 7) is 0. The van der Waals surface area contributed by atoms with Gasteiger partial charge in [-0.25, -0.2) is 4.57 Å². The minimum absolute atomic E-state index is 0.419. The van der Waals surface area contributed by atoms with E-state index < -0.39 is 7.82 Å². The van der Waals surface area contributed by atoms with Crippen LogP contribution in [-0.4, -0.2) is 14.2 Å². The van der Waals surface area contributed by atoms with Gasteiger partial charge in [0.25, 0.3) is 0 Å². The molecule has 3 aromatic rings. The van der Waals surface area contributed by atoms with Crippen molar-refractivity contribution in [1.29, 1.82) is 0 Å². The van der Waals surface area contributed by atoms with Crippen LogP contribution in [0.25, 0.3) is 22.6 Å². The fourth-order valence-corrected chi connectivity index (χ4v) is 3.18. The Hall–Kier alpha value is -2.39. The van der Waals surface area contributed by atoms with Crippen LogP contribution in [0, 0.1) is 0 Å².